The Morgan fingerprint density at radius 2 is 1.88 bits per heavy atom. The van der Waals surface area contributed by atoms with Crippen molar-refractivity contribution >= 4 is 10.8 Å². The van der Waals surface area contributed by atoms with Crippen LogP contribution in [0.25, 0.3) is 10.8 Å². The zero-order chi connectivity index (χ0) is 11.7. The molecule has 2 N–H and O–H groups in total. The topological polar surface area (TPSA) is 48.9 Å². The maximum Gasteiger partial charge on any atom is 0.139 e. The van der Waals surface area contributed by atoms with Crippen LogP contribution in [0.1, 0.15) is 17.5 Å². The standard InChI is InChI=1S/C14H12N2O/c17-13(14-15-8-9-16-14)12-7-3-5-10-4-1-2-6-11(10)12/h1-9,13,17H,(H,15,16). The molecule has 0 amide bonds. The number of aromatic nitrogens is 2. The molecule has 0 aliphatic heterocycles. The molecule has 0 aliphatic carbocycles. The van der Waals surface area contributed by atoms with Gasteiger partial charge in [-0.2, -0.15) is 0 Å². The molecule has 3 aromatic rings. The molecule has 0 spiro atoms. The number of hydrogen-bond donors (Lipinski definition) is 2. The Labute approximate surface area is 98.8 Å². The predicted molar refractivity (Wildman–Crippen MR) is 66.6 cm³/mol. The molecule has 0 saturated heterocycles. The van der Waals surface area contributed by atoms with Crippen LogP contribution in [0.4, 0.5) is 0 Å². The fraction of sp³-hybridized carbons (Fsp3) is 0.0714. The van der Waals surface area contributed by atoms with Gasteiger partial charge in [-0.1, -0.05) is 42.5 Å². The van der Waals surface area contributed by atoms with E-state index in [2.05, 4.69) is 9.97 Å². The third-order valence-electron chi connectivity index (χ3n) is 2.90. The van der Waals surface area contributed by atoms with E-state index in [1.165, 1.54) is 0 Å². The van der Waals surface area contributed by atoms with Crippen LogP contribution >= 0.6 is 0 Å². The number of aromatic amines is 1. The summed E-state index contributed by atoms with van der Waals surface area (Å²) in [6.45, 7) is 0. The molecule has 3 heteroatoms. The first-order chi connectivity index (χ1) is 8.36. The fourth-order valence-corrected chi connectivity index (χ4v) is 2.06. The number of rotatable bonds is 2. The molecule has 1 atom stereocenters. The second kappa shape index (κ2) is 4.03. The van der Waals surface area contributed by atoms with Crippen LogP contribution in [0.3, 0.4) is 0 Å². The minimum atomic E-state index is -0.712. The number of imidazole rings is 1. The van der Waals surface area contributed by atoms with Crippen LogP contribution in [-0.4, -0.2) is 15.1 Å². The molecule has 1 heterocycles. The Morgan fingerprint density at radius 3 is 2.71 bits per heavy atom. The lowest BCUT2D eigenvalue weighted by atomic mass is 10.0. The van der Waals surface area contributed by atoms with E-state index in [1.807, 2.05) is 42.5 Å². The first-order valence-electron chi connectivity index (χ1n) is 5.51. The molecule has 0 aliphatic rings. The average Bonchev–Trinajstić information content (AvgIpc) is 2.91. The maximum absolute atomic E-state index is 10.3. The van der Waals surface area contributed by atoms with Gasteiger partial charge in [-0.05, 0) is 16.3 Å². The molecule has 0 bridgehead atoms. The number of aliphatic hydroxyl groups is 1. The Hall–Kier alpha value is -2.13. The molecule has 17 heavy (non-hydrogen) atoms. The summed E-state index contributed by atoms with van der Waals surface area (Å²) in [5, 5.41) is 12.5. The molecule has 3 rings (SSSR count). The largest absolute Gasteiger partial charge is 0.380 e. The van der Waals surface area contributed by atoms with Gasteiger partial charge < -0.3 is 10.1 Å². The van der Waals surface area contributed by atoms with Gasteiger partial charge in [0.25, 0.3) is 0 Å². The third-order valence-corrected chi connectivity index (χ3v) is 2.90. The summed E-state index contributed by atoms with van der Waals surface area (Å²) in [6, 6.07) is 13.9. The molecule has 0 fully saturated rings. The second-order valence-electron chi connectivity index (χ2n) is 3.95. The minimum Gasteiger partial charge on any atom is -0.380 e. The van der Waals surface area contributed by atoms with Crippen LogP contribution in [0.2, 0.25) is 0 Å². The summed E-state index contributed by atoms with van der Waals surface area (Å²) in [6.07, 6.45) is 2.64. The van der Waals surface area contributed by atoms with Gasteiger partial charge in [-0.25, -0.2) is 4.98 Å². The molecule has 0 radical (unpaired) electrons. The number of aliphatic hydroxyl groups excluding tert-OH is 1. The van der Waals surface area contributed by atoms with Crippen LogP contribution in [0.15, 0.2) is 54.9 Å². The number of benzene rings is 2. The number of H-pyrrole nitrogens is 1. The van der Waals surface area contributed by atoms with Crippen LogP contribution in [-0.2, 0) is 0 Å². The van der Waals surface area contributed by atoms with Crippen molar-refractivity contribution in [2.75, 3.05) is 0 Å². The van der Waals surface area contributed by atoms with Crippen LogP contribution in [0.5, 0.6) is 0 Å². The summed E-state index contributed by atoms with van der Waals surface area (Å²) in [7, 11) is 0. The van der Waals surface area contributed by atoms with E-state index in [9.17, 15) is 5.11 Å². The number of nitrogens with zero attached hydrogens (tertiary/aromatic N) is 1. The molecular weight excluding hydrogens is 212 g/mol. The summed E-state index contributed by atoms with van der Waals surface area (Å²) >= 11 is 0. The number of fused-ring (bicyclic) bond motifs is 1. The molecule has 3 nitrogen and oxygen atoms in total. The highest BCUT2D eigenvalue weighted by atomic mass is 16.3. The lowest BCUT2D eigenvalue weighted by Crippen LogP contribution is -2.02. The first-order valence-corrected chi connectivity index (χ1v) is 5.51. The predicted octanol–water partition coefficient (Wildman–Crippen LogP) is 2.64. The quantitative estimate of drug-likeness (QED) is 0.703. The lowest BCUT2D eigenvalue weighted by Gasteiger charge is -2.11. The first kappa shape index (κ1) is 10.1. The maximum atomic E-state index is 10.3. The summed E-state index contributed by atoms with van der Waals surface area (Å²) < 4.78 is 0. The Morgan fingerprint density at radius 1 is 1.06 bits per heavy atom. The van der Waals surface area contributed by atoms with Gasteiger partial charge >= 0.3 is 0 Å². The zero-order valence-corrected chi connectivity index (χ0v) is 9.17. The van der Waals surface area contributed by atoms with E-state index in [1.54, 1.807) is 12.4 Å². The molecular formula is C14H12N2O. The molecule has 0 saturated carbocycles. The summed E-state index contributed by atoms with van der Waals surface area (Å²) in [4.78, 5) is 7.03. The fourth-order valence-electron chi connectivity index (χ4n) is 2.06. The molecule has 84 valence electrons. The van der Waals surface area contributed by atoms with Gasteiger partial charge in [-0.3, -0.25) is 0 Å². The molecule has 1 unspecified atom stereocenters. The molecule has 2 aromatic carbocycles. The third kappa shape index (κ3) is 1.70. The van der Waals surface area contributed by atoms with Crippen LogP contribution < -0.4 is 0 Å². The smallest absolute Gasteiger partial charge is 0.139 e. The monoisotopic (exact) mass is 224 g/mol. The van der Waals surface area contributed by atoms with Crippen LogP contribution in [0, 0.1) is 0 Å². The Balaban J connectivity index is 2.17. The average molecular weight is 224 g/mol. The van der Waals surface area contributed by atoms with E-state index in [0.717, 1.165) is 16.3 Å². The van der Waals surface area contributed by atoms with Crippen molar-refractivity contribution in [2.24, 2.45) is 0 Å². The summed E-state index contributed by atoms with van der Waals surface area (Å²) in [5.41, 5.74) is 0.873. The lowest BCUT2D eigenvalue weighted by molar-refractivity contribution is 0.212. The van der Waals surface area contributed by atoms with Gasteiger partial charge in [0, 0.05) is 12.4 Å². The van der Waals surface area contributed by atoms with Gasteiger partial charge in [0.05, 0.1) is 0 Å². The van der Waals surface area contributed by atoms with Gasteiger partial charge in [0.2, 0.25) is 0 Å². The van der Waals surface area contributed by atoms with E-state index in [4.69, 9.17) is 0 Å². The van der Waals surface area contributed by atoms with Gasteiger partial charge in [0.15, 0.2) is 0 Å². The van der Waals surface area contributed by atoms with E-state index < -0.39 is 6.10 Å². The highest BCUT2D eigenvalue weighted by molar-refractivity contribution is 5.86. The zero-order valence-electron chi connectivity index (χ0n) is 9.17. The van der Waals surface area contributed by atoms with Gasteiger partial charge in [-0.15, -0.1) is 0 Å². The normalized spacial score (nSPS) is 12.8. The van der Waals surface area contributed by atoms with Crippen molar-refractivity contribution < 1.29 is 5.11 Å². The SMILES string of the molecule is OC(c1ncc[nH]1)c1cccc2ccccc12. The van der Waals surface area contributed by atoms with E-state index in [-0.39, 0.29) is 0 Å². The van der Waals surface area contributed by atoms with Crippen molar-refractivity contribution in [2.45, 2.75) is 6.10 Å². The highest BCUT2D eigenvalue weighted by Gasteiger charge is 2.14. The van der Waals surface area contributed by atoms with Crippen molar-refractivity contribution in [1.82, 2.24) is 9.97 Å². The number of nitrogens with one attached hydrogen (secondary N) is 1. The van der Waals surface area contributed by atoms with Crippen molar-refractivity contribution in [3.63, 3.8) is 0 Å². The van der Waals surface area contributed by atoms with Crippen molar-refractivity contribution in [1.29, 1.82) is 0 Å². The van der Waals surface area contributed by atoms with Crippen molar-refractivity contribution in [3.05, 3.63) is 66.2 Å². The minimum absolute atomic E-state index is 0.571. The van der Waals surface area contributed by atoms with E-state index in [0.29, 0.717) is 5.82 Å². The van der Waals surface area contributed by atoms with Gasteiger partial charge in [0.1, 0.15) is 11.9 Å². The van der Waals surface area contributed by atoms with E-state index >= 15 is 0 Å². The molecule has 1 aromatic heterocycles. The Kier molecular flexibility index (Phi) is 2.38. The highest BCUT2D eigenvalue weighted by Crippen LogP contribution is 2.26. The Bertz CT molecular complexity index is 626. The second-order valence-corrected chi connectivity index (χ2v) is 3.95. The summed E-state index contributed by atoms with van der Waals surface area (Å²) in [5.74, 6) is 0.571. The number of hydrogen-bond acceptors (Lipinski definition) is 2. The van der Waals surface area contributed by atoms with Crippen molar-refractivity contribution in [3.8, 4) is 0 Å².